The Morgan fingerprint density at radius 3 is 2.33 bits per heavy atom. The highest BCUT2D eigenvalue weighted by Gasteiger charge is 2.23. The van der Waals surface area contributed by atoms with E-state index in [-0.39, 0.29) is 11.8 Å². The highest BCUT2D eigenvalue weighted by molar-refractivity contribution is 6.02. The Morgan fingerprint density at radius 1 is 0.917 bits per heavy atom. The summed E-state index contributed by atoms with van der Waals surface area (Å²) in [4.78, 5) is 30.1. The van der Waals surface area contributed by atoms with Crippen molar-refractivity contribution in [3.05, 3.63) is 48.0 Å². The molecule has 1 heterocycles. The minimum Gasteiger partial charge on any atom is -0.495 e. The predicted molar refractivity (Wildman–Crippen MR) is 145 cm³/mol. The van der Waals surface area contributed by atoms with Crippen LogP contribution < -0.4 is 25.2 Å². The zero-order valence-corrected chi connectivity index (χ0v) is 21.8. The summed E-state index contributed by atoms with van der Waals surface area (Å²) in [5.74, 6) is 0.699. The van der Waals surface area contributed by atoms with Crippen molar-refractivity contribution in [1.82, 2.24) is 5.32 Å². The second kappa shape index (κ2) is 14.3. The molecule has 2 aromatic carbocycles. The number of benzene rings is 2. The van der Waals surface area contributed by atoms with Crippen LogP contribution in [0.5, 0.6) is 5.75 Å². The molecule has 0 unspecified atom stereocenters. The molecule has 0 aromatic heterocycles. The molecule has 196 valence electrons. The van der Waals surface area contributed by atoms with Crippen LogP contribution in [0, 0.1) is 0 Å². The standard InChI is InChI=1S/C28H40N4O4/c1-4-5-6-12-27(33)30-22-13-14-24(23(21-22)28(34)29-15-9-20-35-2)31-16-18-32(19-17-31)25-10-7-8-11-26(25)36-3/h7-8,10-11,13-14,21H,4-6,9,12,15-20H2,1-3H3,(H,29,34)(H,30,33). The van der Waals surface area contributed by atoms with Crippen molar-refractivity contribution in [3.8, 4) is 5.75 Å². The van der Waals surface area contributed by atoms with Crippen molar-refractivity contribution in [1.29, 1.82) is 0 Å². The van der Waals surface area contributed by atoms with Crippen molar-refractivity contribution >= 4 is 28.9 Å². The van der Waals surface area contributed by atoms with Crippen LogP contribution in [0.1, 0.15) is 49.4 Å². The minimum atomic E-state index is -0.143. The van der Waals surface area contributed by atoms with E-state index in [1.165, 1.54) is 0 Å². The summed E-state index contributed by atoms with van der Waals surface area (Å²) >= 11 is 0. The number of hydrogen-bond acceptors (Lipinski definition) is 6. The number of methoxy groups -OCH3 is 2. The maximum atomic E-state index is 13.2. The molecule has 0 saturated carbocycles. The fourth-order valence-corrected chi connectivity index (χ4v) is 4.42. The Morgan fingerprint density at radius 2 is 1.64 bits per heavy atom. The quantitative estimate of drug-likeness (QED) is 0.402. The number of piperazine rings is 1. The zero-order chi connectivity index (χ0) is 25.8. The van der Waals surface area contributed by atoms with E-state index in [0.29, 0.717) is 30.8 Å². The highest BCUT2D eigenvalue weighted by Crippen LogP contribution is 2.31. The fourth-order valence-electron chi connectivity index (χ4n) is 4.42. The van der Waals surface area contributed by atoms with Gasteiger partial charge in [-0.25, -0.2) is 0 Å². The number of anilines is 3. The van der Waals surface area contributed by atoms with Crippen molar-refractivity contribution in [2.24, 2.45) is 0 Å². The van der Waals surface area contributed by atoms with E-state index in [4.69, 9.17) is 9.47 Å². The summed E-state index contributed by atoms with van der Waals surface area (Å²) in [7, 11) is 3.34. The summed E-state index contributed by atoms with van der Waals surface area (Å²) in [5.41, 5.74) is 3.18. The van der Waals surface area contributed by atoms with Crippen LogP contribution in [0.25, 0.3) is 0 Å². The Bertz CT molecular complexity index is 989. The number of hydrogen-bond donors (Lipinski definition) is 2. The average molecular weight is 497 g/mol. The van der Waals surface area contributed by atoms with Gasteiger partial charge in [-0.1, -0.05) is 31.9 Å². The molecule has 0 radical (unpaired) electrons. The lowest BCUT2D eigenvalue weighted by atomic mass is 10.1. The van der Waals surface area contributed by atoms with Crippen LogP contribution in [0.15, 0.2) is 42.5 Å². The largest absolute Gasteiger partial charge is 0.495 e. The number of nitrogens with one attached hydrogen (secondary N) is 2. The third-order valence-corrected chi connectivity index (χ3v) is 6.39. The molecule has 0 bridgehead atoms. The normalized spacial score (nSPS) is 13.4. The Kier molecular flexibility index (Phi) is 10.9. The van der Waals surface area contributed by atoms with E-state index in [9.17, 15) is 9.59 Å². The Labute approximate surface area is 214 Å². The van der Waals surface area contributed by atoms with Gasteiger partial charge >= 0.3 is 0 Å². The first kappa shape index (κ1) is 27.3. The number of nitrogens with zero attached hydrogens (tertiary/aromatic N) is 2. The van der Waals surface area contributed by atoms with Gasteiger partial charge in [-0.15, -0.1) is 0 Å². The lowest BCUT2D eigenvalue weighted by Crippen LogP contribution is -2.47. The van der Waals surface area contributed by atoms with E-state index in [1.54, 1.807) is 20.3 Å². The molecule has 2 N–H and O–H groups in total. The summed E-state index contributed by atoms with van der Waals surface area (Å²) in [6.45, 7) is 6.39. The molecule has 3 rings (SSSR count). The van der Waals surface area contributed by atoms with Gasteiger partial charge in [-0.05, 0) is 43.2 Å². The second-order valence-electron chi connectivity index (χ2n) is 8.99. The van der Waals surface area contributed by atoms with Crippen molar-refractivity contribution in [3.63, 3.8) is 0 Å². The number of para-hydroxylation sites is 2. The molecule has 2 amide bonds. The lowest BCUT2D eigenvalue weighted by Gasteiger charge is -2.38. The molecule has 1 fully saturated rings. The van der Waals surface area contributed by atoms with Gasteiger partial charge < -0.3 is 29.9 Å². The maximum absolute atomic E-state index is 13.2. The third-order valence-electron chi connectivity index (χ3n) is 6.39. The van der Waals surface area contributed by atoms with Gasteiger partial charge in [0, 0.05) is 64.2 Å². The third kappa shape index (κ3) is 7.62. The van der Waals surface area contributed by atoms with Crippen LogP contribution >= 0.6 is 0 Å². The van der Waals surface area contributed by atoms with Gasteiger partial charge in [0.25, 0.3) is 5.91 Å². The average Bonchev–Trinajstić information content (AvgIpc) is 2.91. The monoisotopic (exact) mass is 496 g/mol. The minimum absolute atomic E-state index is 0.0203. The second-order valence-corrected chi connectivity index (χ2v) is 8.99. The molecule has 0 atom stereocenters. The molecule has 36 heavy (non-hydrogen) atoms. The van der Waals surface area contributed by atoms with Crippen LogP contribution in [0.2, 0.25) is 0 Å². The number of carbonyl (C=O) groups is 2. The van der Waals surface area contributed by atoms with Crippen LogP contribution in [0.4, 0.5) is 17.1 Å². The van der Waals surface area contributed by atoms with E-state index in [1.807, 2.05) is 30.3 Å². The zero-order valence-electron chi connectivity index (χ0n) is 21.8. The van der Waals surface area contributed by atoms with E-state index in [2.05, 4.69) is 33.4 Å². The molecule has 8 heteroatoms. The molecular formula is C28H40N4O4. The summed E-state index contributed by atoms with van der Waals surface area (Å²) in [6.07, 6.45) is 4.19. The van der Waals surface area contributed by atoms with Crippen molar-refractivity contribution < 1.29 is 19.1 Å². The van der Waals surface area contributed by atoms with E-state index < -0.39 is 0 Å². The van der Waals surface area contributed by atoms with Gasteiger partial charge in [-0.2, -0.15) is 0 Å². The van der Waals surface area contributed by atoms with Gasteiger partial charge in [0.05, 0.1) is 18.4 Å². The fraction of sp³-hybridized carbons (Fsp3) is 0.500. The highest BCUT2D eigenvalue weighted by atomic mass is 16.5. The van der Waals surface area contributed by atoms with E-state index >= 15 is 0 Å². The van der Waals surface area contributed by atoms with Gasteiger partial charge in [0.2, 0.25) is 5.91 Å². The molecule has 0 spiro atoms. The Balaban J connectivity index is 1.74. The molecule has 1 aliphatic rings. The van der Waals surface area contributed by atoms with Crippen molar-refractivity contribution in [2.75, 3.05) is 68.7 Å². The molecular weight excluding hydrogens is 456 g/mol. The number of unbranched alkanes of at least 4 members (excludes halogenated alkanes) is 2. The van der Waals surface area contributed by atoms with Crippen LogP contribution in [-0.4, -0.2) is 65.4 Å². The summed E-state index contributed by atoms with van der Waals surface area (Å²) in [5, 5.41) is 5.96. The number of rotatable bonds is 13. The maximum Gasteiger partial charge on any atom is 0.253 e. The molecule has 8 nitrogen and oxygen atoms in total. The van der Waals surface area contributed by atoms with Gasteiger partial charge in [-0.3, -0.25) is 9.59 Å². The predicted octanol–water partition coefficient (Wildman–Crippen LogP) is 4.31. The first-order valence-electron chi connectivity index (χ1n) is 12.9. The first-order valence-corrected chi connectivity index (χ1v) is 12.9. The molecule has 2 aromatic rings. The molecule has 1 aliphatic heterocycles. The van der Waals surface area contributed by atoms with Crippen molar-refractivity contribution in [2.45, 2.75) is 39.0 Å². The number of ether oxygens (including phenoxy) is 2. The van der Waals surface area contributed by atoms with Crippen LogP contribution in [-0.2, 0) is 9.53 Å². The summed E-state index contributed by atoms with van der Waals surface area (Å²) in [6, 6.07) is 13.7. The van der Waals surface area contributed by atoms with Gasteiger partial charge in [0.15, 0.2) is 0 Å². The summed E-state index contributed by atoms with van der Waals surface area (Å²) < 4.78 is 10.6. The smallest absolute Gasteiger partial charge is 0.253 e. The number of carbonyl (C=O) groups excluding carboxylic acids is 2. The van der Waals surface area contributed by atoms with Crippen LogP contribution in [0.3, 0.4) is 0 Å². The topological polar surface area (TPSA) is 83.1 Å². The number of amides is 2. The van der Waals surface area contributed by atoms with E-state index in [0.717, 1.165) is 69.0 Å². The lowest BCUT2D eigenvalue weighted by molar-refractivity contribution is -0.116. The Hall–Kier alpha value is -3.26. The molecule has 0 aliphatic carbocycles. The molecule has 1 saturated heterocycles. The SMILES string of the molecule is CCCCCC(=O)Nc1ccc(N2CCN(c3ccccc3OC)CC2)c(C(=O)NCCCOC)c1. The first-order chi connectivity index (χ1) is 17.6. The van der Waals surface area contributed by atoms with Gasteiger partial charge in [0.1, 0.15) is 5.75 Å².